The highest BCUT2D eigenvalue weighted by Crippen LogP contribution is 2.19. The number of nitrogens with one attached hydrogen (secondary N) is 1. The second kappa shape index (κ2) is 5.81. The Hall–Kier alpha value is -1.24. The van der Waals surface area contributed by atoms with Gasteiger partial charge in [0.15, 0.2) is 0 Å². The van der Waals surface area contributed by atoms with Crippen LogP contribution in [0.3, 0.4) is 0 Å². The molecule has 0 saturated carbocycles. The topological polar surface area (TPSA) is 33.1 Å². The van der Waals surface area contributed by atoms with Gasteiger partial charge >= 0.3 is 0 Å². The largest absolute Gasteiger partial charge is 0.379 e. The summed E-state index contributed by atoms with van der Waals surface area (Å²) < 4.78 is 3.37. The fourth-order valence-corrected chi connectivity index (χ4v) is 2.67. The number of benzene rings is 1. The second-order valence-corrected chi connectivity index (χ2v) is 6.06. The molecule has 0 bridgehead atoms. The van der Waals surface area contributed by atoms with Crippen LogP contribution < -0.4 is 10.2 Å². The number of imidazole rings is 1. The van der Waals surface area contributed by atoms with Crippen LogP contribution >= 0.6 is 22.6 Å². The first kappa shape index (κ1) is 14.2. The quantitative estimate of drug-likeness (QED) is 0.840. The van der Waals surface area contributed by atoms with E-state index in [1.54, 1.807) is 0 Å². The fraction of sp³-hybridized carbons (Fsp3) is 0.357. The molecular weight excluding hydrogens is 351 g/mol. The Balaban J connectivity index is 2.10. The predicted octanol–water partition coefficient (Wildman–Crippen LogP) is 3.01. The van der Waals surface area contributed by atoms with Crippen LogP contribution in [0.25, 0.3) is 0 Å². The summed E-state index contributed by atoms with van der Waals surface area (Å²) in [6, 6.07) is 6.42. The Morgan fingerprint density at radius 2 is 2.11 bits per heavy atom. The summed E-state index contributed by atoms with van der Waals surface area (Å²) in [5, 5.41) is 3.47. The lowest BCUT2D eigenvalue weighted by atomic mass is 10.2. The molecule has 0 amide bonds. The highest BCUT2D eigenvalue weighted by molar-refractivity contribution is 14.1. The molecule has 0 atom stereocenters. The number of rotatable bonds is 4. The third-order valence-electron chi connectivity index (χ3n) is 3.11. The summed E-state index contributed by atoms with van der Waals surface area (Å²) in [6.07, 6.45) is 1.92. The second-order valence-electron chi connectivity index (χ2n) is 4.82. The molecule has 0 aliphatic heterocycles. The predicted molar refractivity (Wildman–Crippen MR) is 88.8 cm³/mol. The van der Waals surface area contributed by atoms with Gasteiger partial charge in [0.05, 0.1) is 18.4 Å². The summed E-state index contributed by atoms with van der Waals surface area (Å²) in [4.78, 5) is 6.43. The highest BCUT2D eigenvalue weighted by Gasteiger charge is 2.08. The molecule has 1 heterocycles. The minimum atomic E-state index is 0.777. The number of aromatic nitrogens is 2. The van der Waals surface area contributed by atoms with Gasteiger partial charge in [-0.25, -0.2) is 4.98 Å². The minimum Gasteiger partial charge on any atom is -0.379 e. The number of aryl methyl sites for hydroxylation is 1. The van der Waals surface area contributed by atoms with Gasteiger partial charge in [0.1, 0.15) is 0 Å². The van der Waals surface area contributed by atoms with Crippen LogP contribution in [0, 0.1) is 10.5 Å². The van der Waals surface area contributed by atoms with Gasteiger partial charge in [-0.2, -0.15) is 0 Å². The molecule has 0 aliphatic carbocycles. The molecule has 0 aliphatic rings. The molecule has 2 aromatic rings. The van der Waals surface area contributed by atoms with Crippen molar-refractivity contribution in [3.8, 4) is 0 Å². The monoisotopic (exact) mass is 370 g/mol. The Morgan fingerprint density at radius 1 is 1.37 bits per heavy atom. The molecule has 0 saturated heterocycles. The van der Waals surface area contributed by atoms with Crippen molar-refractivity contribution in [3.05, 3.63) is 39.2 Å². The van der Waals surface area contributed by atoms with Crippen LogP contribution in [0.2, 0.25) is 0 Å². The zero-order chi connectivity index (χ0) is 14.0. The van der Waals surface area contributed by atoms with Crippen molar-refractivity contribution < 1.29 is 0 Å². The summed E-state index contributed by atoms with van der Waals surface area (Å²) in [6.45, 7) is 2.90. The summed E-state index contributed by atoms with van der Waals surface area (Å²) in [5.41, 5.74) is 3.61. The lowest BCUT2D eigenvalue weighted by Gasteiger charge is -2.14. The van der Waals surface area contributed by atoms with Crippen molar-refractivity contribution >= 4 is 34.2 Å². The number of hydrogen-bond donors (Lipinski definition) is 1. The molecule has 102 valence electrons. The van der Waals surface area contributed by atoms with Gasteiger partial charge in [0.25, 0.3) is 0 Å². The van der Waals surface area contributed by atoms with Crippen molar-refractivity contribution in [2.45, 2.75) is 13.5 Å². The van der Waals surface area contributed by atoms with E-state index >= 15 is 0 Å². The Labute approximate surface area is 128 Å². The van der Waals surface area contributed by atoms with Crippen molar-refractivity contribution in [1.29, 1.82) is 0 Å². The molecular formula is C14H19IN4. The number of halogens is 1. The minimum absolute atomic E-state index is 0.777. The molecule has 0 unspecified atom stereocenters. The molecule has 1 aromatic heterocycles. The summed E-state index contributed by atoms with van der Waals surface area (Å²) in [7, 11) is 6.05. The van der Waals surface area contributed by atoms with Crippen molar-refractivity contribution in [3.63, 3.8) is 0 Å². The van der Waals surface area contributed by atoms with E-state index in [1.807, 2.05) is 32.2 Å². The lowest BCUT2D eigenvalue weighted by Crippen LogP contribution is -2.15. The van der Waals surface area contributed by atoms with E-state index in [0.29, 0.717) is 0 Å². The number of anilines is 2. The third kappa shape index (κ3) is 3.20. The van der Waals surface area contributed by atoms with Crippen LogP contribution in [-0.2, 0) is 13.6 Å². The highest BCUT2D eigenvalue weighted by atomic mass is 127. The fourth-order valence-electron chi connectivity index (χ4n) is 2.02. The molecule has 2 rings (SSSR count). The first-order valence-electron chi connectivity index (χ1n) is 6.17. The normalized spacial score (nSPS) is 10.6. The Morgan fingerprint density at radius 3 is 2.68 bits per heavy atom. The zero-order valence-electron chi connectivity index (χ0n) is 11.7. The summed E-state index contributed by atoms with van der Waals surface area (Å²) in [5.74, 6) is 0.969. The van der Waals surface area contributed by atoms with E-state index in [9.17, 15) is 0 Å². The molecule has 5 heteroatoms. The van der Waals surface area contributed by atoms with E-state index in [0.717, 1.165) is 12.5 Å². The van der Waals surface area contributed by atoms with Gasteiger partial charge in [-0.1, -0.05) is 0 Å². The average molecular weight is 370 g/mol. The molecule has 1 N–H and O–H groups in total. The van der Waals surface area contributed by atoms with E-state index < -0.39 is 0 Å². The molecule has 0 fully saturated rings. The molecule has 0 radical (unpaired) electrons. The van der Waals surface area contributed by atoms with Crippen LogP contribution in [0.5, 0.6) is 0 Å². The molecule has 4 nitrogen and oxygen atoms in total. The van der Waals surface area contributed by atoms with Gasteiger partial charge in [-0.3, -0.25) is 0 Å². The average Bonchev–Trinajstić information content (AvgIpc) is 2.70. The maximum Gasteiger partial charge on any atom is 0.204 e. The van der Waals surface area contributed by atoms with Gasteiger partial charge in [-0.15, -0.1) is 0 Å². The van der Waals surface area contributed by atoms with E-state index in [-0.39, 0.29) is 0 Å². The van der Waals surface area contributed by atoms with E-state index in [1.165, 1.54) is 20.5 Å². The van der Waals surface area contributed by atoms with Crippen LogP contribution in [0.15, 0.2) is 24.4 Å². The SMILES string of the molecule is Cc1cc(I)ccc1NCc1cnc(N(C)C)n1C. The van der Waals surface area contributed by atoms with Gasteiger partial charge in [-0.05, 0) is 53.3 Å². The molecule has 0 spiro atoms. The van der Waals surface area contributed by atoms with Gasteiger partial charge < -0.3 is 14.8 Å². The Bertz CT molecular complexity index is 575. The first-order valence-corrected chi connectivity index (χ1v) is 7.25. The third-order valence-corrected chi connectivity index (χ3v) is 3.78. The van der Waals surface area contributed by atoms with Gasteiger partial charge in [0, 0.05) is 30.4 Å². The van der Waals surface area contributed by atoms with Gasteiger partial charge in [0.2, 0.25) is 5.95 Å². The maximum atomic E-state index is 4.41. The maximum absolute atomic E-state index is 4.41. The molecule has 19 heavy (non-hydrogen) atoms. The van der Waals surface area contributed by atoms with Crippen LogP contribution in [0.4, 0.5) is 11.6 Å². The van der Waals surface area contributed by atoms with Crippen LogP contribution in [0.1, 0.15) is 11.3 Å². The number of nitrogens with zero attached hydrogens (tertiary/aromatic N) is 3. The van der Waals surface area contributed by atoms with Crippen molar-refractivity contribution in [2.75, 3.05) is 24.3 Å². The smallest absolute Gasteiger partial charge is 0.204 e. The zero-order valence-corrected chi connectivity index (χ0v) is 13.9. The van der Waals surface area contributed by atoms with Crippen molar-refractivity contribution in [1.82, 2.24) is 9.55 Å². The van der Waals surface area contributed by atoms with Crippen LogP contribution in [-0.4, -0.2) is 23.6 Å². The first-order chi connectivity index (χ1) is 8.99. The van der Waals surface area contributed by atoms with E-state index in [4.69, 9.17) is 0 Å². The van der Waals surface area contributed by atoms with Crippen molar-refractivity contribution in [2.24, 2.45) is 7.05 Å². The Kier molecular flexibility index (Phi) is 4.34. The molecule has 1 aromatic carbocycles. The lowest BCUT2D eigenvalue weighted by molar-refractivity contribution is 0.813. The standard InChI is InChI=1S/C14H19IN4/c1-10-7-11(15)5-6-13(10)16-8-12-9-17-14(18(2)3)19(12)4/h5-7,9,16H,8H2,1-4H3. The number of hydrogen-bond acceptors (Lipinski definition) is 3. The summed E-state index contributed by atoms with van der Waals surface area (Å²) >= 11 is 2.33. The van der Waals surface area contributed by atoms with E-state index in [2.05, 4.69) is 62.6 Å².